The number of rotatable bonds is 5. The van der Waals surface area contributed by atoms with Gasteiger partial charge in [-0.15, -0.1) is 0 Å². The number of amides is 2. The molecule has 2 amide bonds. The summed E-state index contributed by atoms with van der Waals surface area (Å²) in [5, 5.41) is 9.78. The number of aromatic nitrogens is 2. The smallest absolute Gasteiger partial charge is 0.272 e. The molecular formula is C17H14Cl2N4O3. The Kier molecular flexibility index (Phi) is 5.29. The number of halogens is 2. The lowest BCUT2D eigenvalue weighted by Gasteiger charge is -2.09. The maximum absolute atomic E-state index is 12.5. The number of carbonyl (C=O) groups excluding carboxylic acids is 2. The molecule has 26 heavy (non-hydrogen) atoms. The highest BCUT2D eigenvalue weighted by atomic mass is 35.5. The van der Waals surface area contributed by atoms with Crippen molar-refractivity contribution in [3.05, 3.63) is 69.9 Å². The van der Waals surface area contributed by atoms with Crippen LogP contribution in [0.15, 0.2) is 47.2 Å². The van der Waals surface area contributed by atoms with Crippen LogP contribution in [-0.4, -0.2) is 21.6 Å². The van der Waals surface area contributed by atoms with Crippen molar-refractivity contribution in [1.29, 1.82) is 0 Å². The van der Waals surface area contributed by atoms with E-state index in [4.69, 9.17) is 27.6 Å². The Morgan fingerprint density at radius 3 is 2.73 bits per heavy atom. The Bertz CT molecular complexity index is 951. The molecule has 0 aliphatic carbocycles. The minimum Gasteiger partial charge on any atom is -0.467 e. The Hall–Kier alpha value is -2.77. The second-order valence-corrected chi connectivity index (χ2v) is 6.13. The molecule has 0 saturated carbocycles. The van der Waals surface area contributed by atoms with Gasteiger partial charge >= 0.3 is 0 Å². The average molecular weight is 393 g/mol. The van der Waals surface area contributed by atoms with Crippen molar-refractivity contribution in [3.63, 3.8) is 0 Å². The van der Waals surface area contributed by atoms with Gasteiger partial charge in [0.1, 0.15) is 11.5 Å². The molecule has 0 spiro atoms. The fourth-order valence-corrected chi connectivity index (χ4v) is 2.72. The third-order valence-electron chi connectivity index (χ3n) is 3.60. The van der Waals surface area contributed by atoms with E-state index in [0.717, 1.165) is 0 Å². The largest absolute Gasteiger partial charge is 0.467 e. The molecule has 0 aliphatic heterocycles. The van der Waals surface area contributed by atoms with Gasteiger partial charge in [0.05, 0.1) is 40.3 Å². The highest BCUT2D eigenvalue weighted by molar-refractivity contribution is 6.44. The van der Waals surface area contributed by atoms with Gasteiger partial charge in [0.25, 0.3) is 11.8 Å². The summed E-state index contributed by atoms with van der Waals surface area (Å²) in [5.74, 6) is -0.295. The van der Waals surface area contributed by atoms with E-state index in [1.165, 1.54) is 23.2 Å². The van der Waals surface area contributed by atoms with E-state index in [2.05, 4.69) is 15.7 Å². The summed E-state index contributed by atoms with van der Waals surface area (Å²) >= 11 is 12.0. The third kappa shape index (κ3) is 3.74. The van der Waals surface area contributed by atoms with Crippen LogP contribution in [0, 0.1) is 0 Å². The van der Waals surface area contributed by atoms with Gasteiger partial charge < -0.3 is 15.1 Å². The molecular weight excluding hydrogens is 379 g/mol. The molecule has 0 atom stereocenters. The first-order valence-corrected chi connectivity index (χ1v) is 8.31. The molecule has 1 aromatic carbocycles. The van der Waals surface area contributed by atoms with Gasteiger partial charge in [-0.1, -0.05) is 29.3 Å². The zero-order valence-electron chi connectivity index (χ0n) is 13.6. The highest BCUT2D eigenvalue weighted by Crippen LogP contribution is 2.26. The van der Waals surface area contributed by atoms with Crippen LogP contribution in [0.25, 0.3) is 0 Å². The second kappa shape index (κ2) is 7.63. The lowest BCUT2D eigenvalue weighted by atomic mass is 10.2. The molecule has 3 aromatic rings. The summed E-state index contributed by atoms with van der Waals surface area (Å²) in [5.41, 5.74) is 0.651. The van der Waals surface area contributed by atoms with Crippen LogP contribution in [0.1, 0.15) is 26.6 Å². The molecule has 0 bridgehead atoms. The van der Waals surface area contributed by atoms with Gasteiger partial charge in [0.15, 0.2) is 0 Å². The Morgan fingerprint density at radius 1 is 1.19 bits per heavy atom. The number of hydrogen-bond donors (Lipinski definition) is 2. The molecule has 0 aliphatic rings. The van der Waals surface area contributed by atoms with Crippen molar-refractivity contribution >= 4 is 40.7 Å². The van der Waals surface area contributed by atoms with Crippen LogP contribution >= 0.6 is 23.2 Å². The van der Waals surface area contributed by atoms with Crippen molar-refractivity contribution in [2.75, 3.05) is 5.32 Å². The van der Waals surface area contributed by atoms with Crippen molar-refractivity contribution in [2.24, 2.45) is 7.05 Å². The topological polar surface area (TPSA) is 89.2 Å². The van der Waals surface area contributed by atoms with Gasteiger partial charge in [-0.3, -0.25) is 14.3 Å². The zero-order valence-corrected chi connectivity index (χ0v) is 15.1. The molecule has 9 heteroatoms. The number of benzene rings is 1. The number of carbonyl (C=O) groups is 2. The van der Waals surface area contributed by atoms with Crippen LogP contribution < -0.4 is 10.6 Å². The first-order valence-electron chi connectivity index (χ1n) is 7.55. The molecule has 0 unspecified atom stereocenters. The summed E-state index contributed by atoms with van der Waals surface area (Å²) in [7, 11) is 1.60. The van der Waals surface area contributed by atoms with Gasteiger partial charge in [-0.2, -0.15) is 5.10 Å². The molecule has 134 valence electrons. The van der Waals surface area contributed by atoms with Crippen LogP contribution in [0.5, 0.6) is 0 Å². The van der Waals surface area contributed by atoms with Crippen molar-refractivity contribution < 1.29 is 14.0 Å². The predicted molar refractivity (Wildman–Crippen MR) is 97.5 cm³/mol. The van der Waals surface area contributed by atoms with Crippen molar-refractivity contribution in [1.82, 2.24) is 15.1 Å². The normalized spacial score (nSPS) is 10.6. The first kappa shape index (κ1) is 18.0. The van der Waals surface area contributed by atoms with Gasteiger partial charge in [-0.05, 0) is 24.3 Å². The summed E-state index contributed by atoms with van der Waals surface area (Å²) in [6, 6.07) is 8.21. The minimum atomic E-state index is -0.495. The quantitative estimate of drug-likeness (QED) is 0.695. The van der Waals surface area contributed by atoms with Crippen LogP contribution in [0.2, 0.25) is 10.0 Å². The zero-order chi connectivity index (χ0) is 18.7. The van der Waals surface area contributed by atoms with Crippen LogP contribution in [0.3, 0.4) is 0 Å². The van der Waals surface area contributed by atoms with Gasteiger partial charge in [0.2, 0.25) is 0 Å². The third-order valence-corrected chi connectivity index (χ3v) is 4.42. The van der Waals surface area contributed by atoms with E-state index in [1.54, 1.807) is 31.3 Å². The van der Waals surface area contributed by atoms with E-state index in [1.807, 2.05) is 0 Å². The summed E-state index contributed by atoms with van der Waals surface area (Å²) in [4.78, 5) is 24.9. The van der Waals surface area contributed by atoms with E-state index in [9.17, 15) is 9.59 Å². The molecule has 2 N–H and O–H groups in total. The minimum absolute atomic E-state index is 0.138. The number of nitrogens with zero attached hydrogens (tertiary/aromatic N) is 2. The fourth-order valence-electron chi connectivity index (χ4n) is 2.33. The van der Waals surface area contributed by atoms with E-state index < -0.39 is 11.8 Å². The molecule has 0 radical (unpaired) electrons. The molecule has 2 heterocycles. The van der Waals surface area contributed by atoms with Crippen LogP contribution in [-0.2, 0) is 13.6 Å². The number of anilines is 1. The summed E-state index contributed by atoms with van der Waals surface area (Å²) in [6.07, 6.45) is 2.91. The Morgan fingerprint density at radius 2 is 2.00 bits per heavy atom. The van der Waals surface area contributed by atoms with E-state index >= 15 is 0 Å². The lowest BCUT2D eigenvalue weighted by Crippen LogP contribution is -2.26. The monoisotopic (exact) mass is 392 g/mol. The lowest BCUT2D eigenvalue weighted by molar-refractivity contribution is 0.0939. The van der Waals surface area contributed by atoms with Gasteiger partial charge in [0, 0.05) is 7.05 Å². The highest BCUT2D eigenvalue weighted by Gasteiger charge is 2.20. The molecule has 7 nitrogen and oxygen atoms in total. The van der Waals surface area contributed by atoms with E-state index in [-0.39, 0.29) is 33.5 Å². The number of hydrogen-bond acceptors (Lipinski definition) is 4. The Balaban J connectivity index is 1.78. The standard InChI is InChI=1S/C17H14Cl2N4O3/c1-23-15(17(25)20-8-10-4-3-7-26-10)13(9-21-23)22-16(24)11-5-2-6-12(18)14(11)19/h2-7,9H,8H2,1H3,(H,20,25)(H,22,24). The average Bonchev–Trinajstić information content (AvgIpc) is 3.25. The number of furan rings is 1. The molecule has 0 saturated heterocycles. The summed E-state index contributed by atoms with van der Waals surface area (Å²) < 4.78 is 6.54. The Labute approximate surface area is 158 Å². The maximum Gasteiger partial charge on any atom is 0.272 e. The molecule has 0 fully saturated rings. The maximum atomic E-state index is 12.5. The second-order valence-electron chi connectivity index (χ2n) is 5.35. The number of aryl methyl sites for hydroxylation is 1. The SMILES string of the molecule is Cn1ncc(NC(=O)c2cccc(Cl)c2Cl)c1C(=O)NCc1ccco1. The van der Waals surface area contributed by atoms with Crippen molar-refractivity contribution in [2.45, 2.75) is 6.54 Å². The molecule has 3 rings (SSSR count). The van der Waals surface area contributed by atoms with E-state index in [0.29, 0.717) is 5.76 Å². The predicted octanol–water partition coefficient (Wildman–Crippen LogP) is 3.50. The van der Waals surface area contributed by atoms with Gasteiger partial charge in [-0.25, -0.2) is 0 Å². The first-order chi connectivity index (χ1) is 12.5. The van der Waals surface area contributed by atoms with Crippen molar-refractivity contribution in [3.8, 4) is 0 Å². The molecule has 2 aromatic heterocycles. The summed E-state index contributed by atoms with van der Waals surface area (Å²) in [6.45, 7) is 0.213. The number of nitrogens with one attached hydrogen (secondary N) is 2. The van der Waals surface area contributed by atoms with Crippen LogP contribution in [0.4, 0.5) is 5.69 Å². The fraction of sp³-hybridized carbons (Fsp3) is 0.118.